The van der Waals surface area contributed by atoms with Crippen LogP contribution in [0.3, 0.4) is 0 Å². The first kappa shape index (κ1) is 24.3. The fraction of sp³-hybridized carbons (Fsp3) is 0.476. The number of hydrogen-bond donors (Lipinski definition) is 0. The number of amides is 2. The number of imide groups is 1. The van der Waals surface area contributed by atoms with Gasteiger partial charge in [-0.3, -0.25) is 4.98 Å². The Balaban J connectivity index is 2.53. The van der Waals surface area contributed by atoms with Gasteiger partial charge in [-0.05, 0) is 54.5 Å². The lowest BCUT2D eigenvalue weighted by Crippen LogP contribution is -2.44. The Hall–Kier alpha value is -3.01. The molecule has 0 fully saturated rings. The van der Waals surface area contributed by atoms with E-state index in [9.17, 15) is 14.4 Å². The molecule has 0 N–H and O–H groups in total. The number of ether oxygens (including phenoxy) is 3. The molecule has 2 amide bonds. The maximum absolute atomic E-state index is 13.0. The van der Waals surface area contributed by atoms with E-state index in [0.717, 1.165) is 16.2 Å². The first-order chi connectivity index (χ1) is 14.3. The van der Waals surface area contributed by atoms with Crippen molar-refractivity contribution < 1.29 is 28.6 Å². The molecule has 10 heteroatoms. The molecule has 0 aliphatic heterocycles. The number of hydrogen-bond acceptors (Lipinski definition) is 9. The standard InChI is InChI=1S/C21H27N3O6S/c1-8-28-17(25)14-12-31-16(23-14)13-11-22-10-9-15(13)24(18(26)29-20(2,3)4)19(27)30-21(5,6)7/h9-12H,8H2,1-7H3. The third-order valence-electron chi connectivity index (χ3n) is 3.41. The number of pyridine rings is 1. The van der Waals surface area contributed by atoms with Crippen LogP contribution < -0.4 is 4.90 Å². The molecule has 9 nitrogen and oxygen atoms in total. The van der Waals surface area contributed by atoms with E-state index in [1.54, 1.807) is 48.5 Å². The van der Waals surface area contributed by atoms with Crippen molar-refractivity contribution in [1.29, 1.82) is 0 Å². The first-order valence-electron chi connectivity index (χ1n) is 9.65. The Bertz CT molecular complexity index is 931. The van der Waals surface area contributed by atoms with Gasteiger partial charge in [0.2, 0.25) is 0 Å². The second-order valence-corrected chi connectivity index (χ2v) is 9.31. The lowest BCUT2D eigenvalue weighted by molar-refractivity contribution is 0.0428. The maximum Gasteiger partial charge on any atom is 0.424 e. The summed E-state index contributed by atoms with van der Waals surface area (Å²) in [7, 11) is 0. The van der Waals surface area contributed by atoms with Crippen molar-refractivity contribution in [2.45, 2.75) is 59.7 Å². The minimum Gasteiger partial charge on any atom is -0.461 e. The van der Waals surface area contributed by atoms with Gasteiger partial charge in [-0.1, -0.05) is 0 Å². The van der Waals surface area contributed by atoms with E-state index >= 15 is 0 Å². The smallest absolute Gasteiger partial charge is 0.424 e. The van der Waals surface area contributed by atoms with Gasteiger partial charge in [-0.15, -0.1) is 11.3 Å². The largest absolute Gasteiger partial charge is 0.461 e. The van der Waals surface area contributed by atoms with E-state index in [1.807, 2.05) is 0 Å². The molecule has 0 atom stereocenters. The molecule has 0 saturated heterocycles. The third kappa shape index (κ3) is 6.74. The van der Waals surface area contributed by atoms with Crippen molar-refractivity contribution in [2.24, 2.45) is 0 Å². The van der Waals surface area contributed by atoms with Gasteiger partial charge in [0.05, 0.1) is 17.9 Å². The van der Waals surface area contributed by atoms with Crippen molar-refractivity contribution in [3.05, 3.63) is 29.5 Å². The second kappa shape index (κ2) is 9.42. The van der Waals surface area contributed by atoms with Gasteiger partial charge in [0, 0.05) is 17.8 Å². The number of thiazole rings is 1. The summed E-state index contributed by atoms with van der Waals surface area (Å²) in [4.78, 5) is 47.1. The van der Waals surface area contributed by atoms with Gasteiger partial charge >= 0.3 is 18.2 Å². The number of rotatable bonds is 4. The van der Waals surface area contributed by atoms with Gasteiger partial charge in [0.15, 0.2) is 5.69 Å². The number of carbonyl (C=O) groups excluding carboxylic acids is 3. The SMILES string of the molecule is CCOC(=O)c1csc(-c2cnccc2N(C(=O)OC(C)(C)C)C(=O)OC(C)(C)C)n1. The van der Waals surface area contributed by atoms with Crippen LogP contribution in [0, 0.1) is 0 Å². The van der Waals surface area contributed by atoms with Crippen molar-refractivity contribution in [2.75, 3.05) is 11.5 Å². The summed E-state index contributed by atoms with van der Waals surface area (Å²) >= 11 is 1.16. The van der Waals surface area contributed by atoms with E-state index in [-0.39, 0.29) is 18.0 Å². The molecule has 0 bridgehead atoms. The highest BCUT2D eigenvalue weighted by atomic mass is 32.1. The average molecular weight is 450 g/mol. The molecule has 31 heavy (non-hydrogen) atoms. The highest BCUT2D eigenvalue weighted by Crippen LogP contribution is 2.34. The van der Waals surface area contributed by atoms with Crippen LogP contribution in [0.1, 0.15) is 59.0 Å². The number of esters is 1. The summed E-state index contributed by atoms with van der Waals surface area (Å²) in [6, 6.07) is 1.48. The molecule has 2 aromatic heterocycles. The summed E-state index contributed by atoms with van der Waals surface area (Å²) < 4.78 is 15.8. The molecule has 2 aromatic rings. The van der Waals surface area contributed by atoms with Crippen LogP contribution in [0.4, 0.5) is 15.3 Å². The van der Waals surface area contributed by atoms with E-state index < -0.39 is 29.4 Å². The van der Waals surface area contributed by atoms with E-state index in [2.05, 4.69) is 9.97 Å². The van der Waals surface area contributed by atoms with Crippen LogP contribution in [0.25, 0.3) is 10.6 Å². The average Bonchev–Trinajstić information content (AvgIpc) is 3.09. The number of anilines is 1. The predicted octanol–water partition coefficient (Wildman–Crippen LogP) is 5.06. The van der Waals surface area contributed by atoms with Crippen molar-refractivity contribution in [3.63, 3.8) is 0 Å². The second-order valence-electron chi connectivity index (χ2n) is 8.45. The van der Waals surface area contributed by atoms with E-state index in [1.165, 1.54) is 23.8 Å². The minimum absolute atomic E-state index is 0.123. The Kier molecular flexibility index (Phi) is 7.37. The van der Waals surface area contributed by atoms with Crippen molar-refractivity contribution in [1.82, 2.24) is 9.97 Å². The first-order valence-corrected chi connectivity index (χ1v) is 10.5. The molecule has 2 rings (SSSR count). The maximum atomic E-state index is 13.0. The van der Waals surface area contributed by atoms with Crippen molar-refractivity contribution >= 4 is 35.2 Å². The molecule has 0 aliphatic carbocycles. The predicted molar refractivity (Wildman–Crippen MR) is 116 cm³/mol. The van der Waals surface area contributed by atoms with E-state index in [4.69, 9.17) is 14.2 Å². The number of carbonyl (C=O) groups is 3. The zero-order valence-corrected chi connectivity index (χ0v) is 19.5. The highest BCUT2D eigenvalue weighted by molar-refractivity contribution is 7.13. The van der Waals surface area contributed by atoms with Gasteiger partial charge in [-0.2, -0.15) is 4.90 Å². The molecule has 2 heterocycles. The van der Waals surface area contributed by atoms with Crippen LogP contribution in [0.15, 0.2) is 23.8 Å². The Morgan fingerprint density at radius 2 is 1.61 bits per heavy atom. The zero-order chi connectivity index (χ0) is 23.4. The molecule has 0 saturated carbocycles. The molecular formula is C21H27N3O6S. The molecular weight excluding hydrogens is 422 g/mol. The van der Waals surface area contributed by atoms with Gasteiger partial charge < -0.3 is 14.2 Å². The van der Waals surface area contributed by atoms with Crippen LogP contribution in [-0.2, 0) is 14.2 Å². The Morgan fingerprint density at radius 1 is 1.03 bits per heavy atom. The summed E-state index contributed by atoms with van der Waals surface area (Å²) in [5, 5.41) is 1.92. The van der Waals surface area contributed by atoms with Crippen LogP contribution in [0.2, 0.25) is 0 Å². The fourth-order valence-electron chi connectivity index (χ4n) is 2.33. The number of aromatic nitrogens is 2. The quantitative estimate of drug-likeness (QED) is 0.471. The van der Waals surface area contributed by atoms with Crippen LogP contribution in [0.5, 0.6) is 0 Å². The van der Waals surface area contributed by atoms with E-state index in [0.29, 0.717) is 10.6 Å². The monoisotopic (exact) mass is 449 g/mol. The van der Waals surface area contributed by atoms with Gasteiger partial charge in [0.25, 0.3) is 0 Å². The summed E-state index contributed by atoms with van der Waals surface area (Å²) in [5.74, 6) is -0.563. The van der Waals surface area contributed by atoms with Gasteiger partial charge in [0.1, 0.15) is 16.2 Å². The Morgan fingerprint density at radius 3 is 2.13 bits per heavy atom. The minimum atomic E-state index is -0.906. The Labute approximate surface area is 185 Å². The number of nitrogens with zero attached hydrogens (tertiary/aromatic N) is 3. The van der Waals surface area contributed by atoms with Crippen LogP contribution >= 0.6 is 11.3 Å². The summed E-state index contributed by atoms with van der Waals surface area (Å²) in [6.45, 7) is 12.1. The normalized spacial score (nSPS) is 11.6. The summed E-state index contributed by atoms with van der Waals surface area (Å²) in [5.41, 5.74) is -1.04. The summed E-state index contributed by atoms with van der Waals surface area (Å²) in [6.07, 6.45) is 1.07. The molecule has 0 aliphatic rings. The zero-order valence-electron chi connectivity index (χ0n) is 18.7. The van der Waals surface area contributed by atoms with Crippen LogP contribution in [-0.4, -0.2) is 45.9 Å². The van der Waals surface area contributed by atoms with Crippen molar-refractivity contribution in [3.8, 4) is 10.6 Å². The highest BCUT2D eigenvalue weighted by Gasteiger charge is 2.34. The topological polar surface area (TPSA) is 108 Å². The fourth-order valence-corrected chi connectivity index (χ4v) is 3.14. The molecule has 0 spiro atoms. The van der Waals surface area contributed by atoms with Gasteiger partial charge in [-0.25, -0.2) is 19.4 Å². The lowest BCUT2D eigenvalue weighted by atomic mass is 10.2. The molecule has 0 radical (unpaired) electrons. The molecule has 168 valence electrons. The molecule has 0 aromatic carbocycles. The third-order valence-corrected chi connectivity index (χ3v) is 4.29. The molecule has 0 unspecified atom stereocenters. The lowest BCUT2D eigenvalue weighted by Gasteiger charge is -2.29.